The first-order valence-electron chi connectivity index (χ1n) is 4.95. The highest BCUT2D eigenvalue weighted by molar-refractivity contribution is 6.31. The number of carboxylic acids is 1. The summed E-state index contributed by atoms with van der Waals surface area (Å²) in [6.45, 7) is -0.0966. The molecule has 0 heterocycles. The zero-order valence-electron chi connectivity index (χ0n) is 9.10. The molecule has 1 aromatic carbocycles. The quantitative estimate of drug-likeness (QED) is 0.785. The number of amides is 1. The zero-order chi connectivity index (χ0) is 12.8. The zero-order valence-corrected chi connectivity index (χ0v) is 9.85. The Bertz CT molecular complexity index is 407. The predicted molar refractivity (Wildman–Crippen MR) is 63.6 cm³/mol. The number of hydrogen-bond donors (Lipinski definition) is 2. The molecule has 0 atom stereocenters. The van der Waals surface area contributed by atoms with Gasteiger partial charge < -0.3 is 10.8 Å². The van der Waals surface area contributed by atoms with Gasteiger partial charge in [0.05, 0.1) is 13.1 Å². The van der Waals surface area contributed by atoms with Gasteiger partial charge in [-0.25, -0.2) is 0 Å². The molecule has 1 amide bonds. The molecule has 0 bridgehead atoms. The van der Waals surface area contributed by atoms with Crippen LogP contribution in [0.3, 0.4) is 0 Å². The normalized spacial score (nSPS) is 10.5. The van der Waals surface area contributed by atoms with Crippen LogP contribution >= 0.6 is 11.6 Å². The van der Waals surface area contributed by atoms with E-state index in [9.17, 15) is 9.59 Å². The second-order valence-corrected chi connectivity index (χ2v) is 4.00. The molecule has 1 rings (SSSR count). The van der Waals surface area contributed by atoms with E-state index >= 15 is 0 Å². The topological polar surface area (TPSA) is 83.6 Å². The molecule has 6 heteroatoms. The van der Waals surface area contributed by atoms with Crippen molar-refractivity contribution < 1.29 is 14.7 Å². The lowest BCUT2D eigenvalue weighted by Crippen LogP contribution is -2.36. The van der Waals surface area contributed by atoms with Gasteiger partial charge in [-0.3, -0.25) is 14.5 Å². The maximum absolute atomic E-state index is 10.8. The second-order valence-electron chi connectivity index (χ2n) is 3.60. The van der Waals surface area contributed by atoms with Crippen LogP contribution in [0.4, 0.5) is 0 Å². The Morgan fingerprint density at radius 2 is 1.94 bits per heavy atom. The standard InChI is InChI=1S/C11H13ClN2O3/c12-9-4-2-1-3-8(9)5-14(6-10(13)15)7-11(16)17/h1-4H,5-7H2,(H2,13,15)(H,16,17). The molecule has 3 N–H and O–H groups in total. The lowest BCUT2D eigenvalue weighted by Gasteiger charge is -2.18. The van der Waals surface area contributed by atoms with Crippen molar-refractivity contribution in [1.82, 2.24) is 4.90 Å². The van der Waals surface area contributed by atoms with Crippen molar-refractivity contribution in [2.45, 2.75) is 6.54 Å². The number of rotatable bonds is 6. The molecule has 0 unspecified atom stereocenters. The fourth-order valence-electron chi connectivity index (χ4n) is 1.45. The molecule has 0 saturated carbocycles. The monoisotopic (exact) mass is 256 g/mol. The SMILES string of the molecule is NC(=O)CN(CC(=O)O)Cc1ccccc1Cl. The molecule has 17 heavy (non-hydrogen) atoms. The van der Waals surface area contributed by atoms with Crippen molar-refractivity contribution in [2.75, 3.05) is 13.1 Å². The number of carbonyl (C=O) groups is 2. The van der Waals surface area contributed by atoms with Gasteiger partial charge in [0.1, 0.15) is 0 Å². The third kappa shape index (κ3) is 4.84. The molecule has 0 radical (unpaired) electrons. The summed E-state index contributed by atoms with van der Waals surface area (Å²) in [5, 5.41) is 9.25. The van der Waals surface area contributed by atoms with E-state index in [1.54, 1.807) is 24.3 Å². The Hall–Kier alpha value is -1.59. The van der Waals surface area contributed by atoms with Crippen LogP contribution in [-0.4, -0.2) is 35.0 Å². The third-order valence-corrected chi connectivity index (χ3v) is 2.46. The number of aliphatic carboxylic acids is 1. The van der Waals surface area contributed by atoms with E-state index in [0.717, 1.165) is 5.56 Å². The van der Waals surface area contributed by atoms with Gasteiger partial charge in [-0.2, -0.15) is 0 Å². The van der Waals surface area contributed by atoms with Crippen LogP contribution in [0.25, 0.3) is 0 Å². The smallest absolute Gasteiger partial charge is 0.317 e. The minimum atomic E-state index is -1.02. The van der Waals surface area contributed by atoms with E-state index in [1.807, 2.05) is 0 Å². The molecule has 0 aliphatic rings. The largest absolute Gasteiger partial charge is 0.480 e. The summed E-state index contributed by atoms with van der Waals surface area (Å²) in [4.78, 5) is 22.9. The summed E-state index contributed by atoms with van der Waals surface area (Å²) in [6, 6.07) is 7.06. The summed E-state index contributed by atoms with van der Waals surface area (Å²) >= 11 is 5.95. The molecule has 0 aromatic heterocycles. The average Bonchev–Trinajstić information content (AvgIpc) is 2.19. The molecule has 0 fully saturated rings. The molecule has 0 aliphatic carbocycles. The van der Waals surface area contributed by atoms with E-state index < -0.39 is 11.9 Å². The van der Waals surface area contributed by atoms with Crippen molar-refractivity contribution in [3.8, 4) is 0 Å². The average molecular weight is 257 g/mol. The van der Waals surface area contributed by atoms with Crippen molar-refractivity contribution in [2.24, 2.45) is 5.73 Å². The van der Waals surface area contributed by atoms with Crippen molar-refractivity contribution in [3.05, 3.63) is 34.9 Å². The van der Waals surface area contributed by atoms with Crippen molar-refractivity contribution in [3.63, 3.8) is 0 Å². The second kappa shape index (κ2) is 6.22. The van der Waals surface area contributed by atoms with E-state index in [1.165, 1.54) is 4.90 Å². The number of hydrogen-bond acceptors (Lipinski definition) is 3. The fourth-order valence-corrected chi connectivity index (χ4v) is 1.64. The lowest BCUT2D eigenvalue weighted by atomic mass is 10.2. The van der Waals surface area contributed by atoms with E-state index in [4.69, 9.17) is 22.4 Å². The van der Waals surface area contributed by atoms with Gasteiger partial charge in [0.2, 0.25) is 5.91 Å². The molecule has 0 aliphatic heterocycles. The number of carbonyl (C=O) groups excluding carboxylic acids is 1. The number of carboxylic acid groups (broad SMARTS) is 1. The van der Waals surface area contributed by atoms with Crippen LogP contribution in [0.1, 0.15) is 5.56 Å². The molecule has 1 aromatic rings. The first-order chi connectivity index (χ1) is 7.99. The summed E-state index contributed by atoms with van der Waals surface area (Å²) in [5.74, 6) is -1.59. The minimum Gasteiger partial charge on any atom is -0.480 e. The van der Waals surface area contributed by atoms with Gasteiger partial charge in [-0.1, -0.05) is 29.8 Å². The highest BCUT2D eigenvalue weighted by Gasteiger charge is 2.13. The number of benzene rings is 1. The van der Waals surface area contributed by atoms with Gasteiger partial charge in [0.25, 0.3) is 0 Å². The van der Waals surface area contributed by atoms with Crippen LogP contribution in [0.5, 0.6) is 0 Å². The molecular weight excluding hydrogens is 244 g/mol. The lowest BCUT2D eigenvalue weighted by molar-refractivity contribution is -0.138. The summed E-state index contributed by atoms with van der Waals surface area (Å²) in [5.41, 5.74) is 5.82. The van der Waals surface area contributed by atoms with Crippen LogP contribution in [-0.2, 0) is 16.1 Å². The van der Waals surface area contributed by atoms with Gasteiger partial charge in [0, 0.05) is 11.6 Å². The van der Waals surface area contributed by atoms with Gasteiger partial charge >= 0.3 is 5.97 Å². The van der Waals surface area contributed by atoms with Crippen LogP contribution in [0.15, 0.2) is 24.3 Å². The summed E-state index contributed by atoms with van der Waals surface area (Å²) in [6.07, 6.45) is 0. The predicted octanol–water partition coefficient (Wildman–Crippen LogP) is 0.712. The highest BCUT2D eigenvalue weighted by Crippen LogP contribution is 2.16. The number of nitrogens with zero attached hydrogens (tertiary/aromatic N) is 1. The van der Waals surface area contributed by atoms with E-state index in [2.05, 4.69) is 0 Å². The Morgan fingerprint density at radius 3 is 2.47 bits per heavy atom. The Morgan fingerprint density at radius 1 is 1.29 bits per heavy atom. The van der Waals surface area contributed by atoms with Crippen molar-refractivity contribution in [1.29, 1.82) is 0 Å². The number of halogens is 1. The Labute approximate surface area is 104 Å². The van der Waals surface area contributed by atoms with E-state index in [-0.39, 0.29) is 19.6 Å². The third-order valence-electron chi connectivity index (χ3n) is 2.09. The maximum Gasteiger partial charge on any atom is 0.317 e. The van der Waals surface area contributed by atoms with Crippen LogP contribution in [0, 0.1) is 0 Å². The molecule has 5 nitrogen and oxygen atoms in total. The Kier molecular flexibility index (Phi) is 4.93. The molecule has 0 spiro atoms. The molecular formula is C11H13ClN2O3. The number of nitrogens with two attached hydrogens (primary N) is 1. The number of primary amides is 1. The van der Waals surface area contributed by atoms with Crippen LogP contribution in [0.2, 0.25) is 5.02 Å². The highest BCUT2D eigenvalue weighted by atomic mass is 35.5. The molecule has 0 saturated heterocycles. The van der Waals surface area contributed by atoms with E-state index in [0.29, 0.717) is 5.02 Å². The first-order valence-corrected chi connectivity index (χ1v) is 5.32. The summed E-state index contributed by atoms with van der Waals surface area (Å²) < 4.78 is 0. The van der Waals surface area contributed by atoms with Crippen LogP contribution < -0.4 is 5.73 Å². The summed E-state index contributed by atoms with van der Waals surface area (Å²) in [7, 11) is 0. The fraction of sp³-hybridized carbons (Fsp3) is 0.273. The van der Waals surface area contributed by atoms with Gasteiger partial charge in [-0.15, -0.1) is 0 Å². The first kappa shape index (κ1) is 13.5. The van der Waals surface area contributed by atoms with Crippen molar-refractivity contribution >= 4 is 23.5 Å². The molecule has 92 valence electrons. The maximum atomic E-state index is 10.8. The van der Waals surface area contributed by atoms with Gasteiger partial charge in [0.15, 0.2) is 0 Å². The minimum absolute atomic E-state index is 0.114. The Balaban J connectivity index is 2.75. The van der Waals surface area contributed by atoms with Gasteiger partial charge in [-0.05, 0) is 11.6 Å².